The van der Waals surface area contributed by atoms with Crippen LogP contribution in [0.5, 0.6) is 0 Å². The summed E-state index contributed by atoms with van der Waals surface area (Å²) in [6.07, 6.45) is 0. The van der Waals surface area contributed by atoms with Gasteiger partial charge in [-0.05, 0) is 34.1 Å². The van der Waals surface area contributed by atoms with E-state index in [0.717, 1.165) is 4.47 Å². The molecule has 0 amide bonds. The number of hydrogen-bond acceptors (Lipinski definition) is 2. The van der Waals surface area contributed by atoms with Crippen LogP contribution in [0.25, 0.3) is 0 Å². The molecule has 0 unspecified atom stereocenters. The van der Waals surface area contributed by atoms with Crippen LogP contribution in [0.3, 0.4) is 0 Å². The van der Waals surface area contributed by atoms with E-state index < -0.39 is 5.97 Å². The summed E-state index contributed by atoms with van der Waals surface area (Å²) in [4.78, 5) is 10.7. The molecule has 1 aromatic carbocycles. The molecule has 72 valence electrons. The lowest BCUT2D eigenvalue weighted by Crippen LogP contribution is -1.94. The van der Waals surface area contributed by atoms with Crippen molar-refractivity contribution in [3.05, 3.63) is 33.3 Å². The van der Waals surface area contributed by atoms with Gasteiger partial charge in [-0.25, -0.2) is 4.79 Å². The zero-order chi connectivity index (χ0) is 10.6. The SMILES string of the molecule is COC(=O)C#Cc1cc(Cl)ccc1Br. The zero-order valence-corrected chi connectivity index (χ0v) is 9.65. The maximum atomic E-state index is 10.7. The van der Waals surface area contributed by atoms with Crippen molar-refractivity contribution in [1.82, 2.24) is 0 Å². The lowest BCUT2D eigenvalue weighted by atomic mass is 10.2. The first-order valence-corrected chi connectivity index (χ1v) is 4.85. The van der Waals surface area contributed by atoms with E-state index in [-0.39, 0.29) is 0 Å². The van der Waals surface area contributed by atoms with Crippen LogP contribution in [0.4, 0.5) is 0 Å². The molecule has 0 bridgehead atoms. The van der Waals surface area contributed by atoms with Crippen molar-refractivity contribution < 1.29 is 9.53 Å². The van der Waals surface area contributed by atoms with Gasteiger partial charge in [-0.3, -0.25) is 0 Å². The van der Waals surface area contributed by atoms with Gasteiger partial charge in [-0.15, -0.1) is 0 Å². The summed E-state index contributed by atoms with van der Waals surface area (Å²) in [5.74, 6) is 4.39. The van der Waals surface area contributed by atoms with Crippen LogP contribution < -0.4 is 0 Å². The molecule has 0 radical (unpaired) electrons. The Kier molecular flexibility index (Phi) is 3.99. The number of methoxy groups -OCH3 is 1. The monoisotopic (exact) mass is 272 g/mol. The van der Waals surface area contributed by atoms with Gasteiger partial charge in [0.2, 0.25) is 0 Å². The average molecular weight is 274 g/mol. The normalized spacial score (nSPS) is 8.79. The topological polar surface area (TPSA) is 26.3 Å². The van der Waals surface area contributed by atoms with E-state index in [4.69, 9.17) is 11.6 Å². The Morgan fingerprint density at radius 3 is 2.93 bits per heavy atom. The molecule has 0 saturated heterocycles. The van der Waals surface area contributed by atoms with Crippen molar-refractivity contribution in [1.29, 1.82) is 0 Å². The number of carbonyl (C=O) groups excluding carboxylic acids is 1. The molecule has 2 nitrogen and oxygen atoms in total. The van der Waals surface area contributed by atoms with E-state index >= 15 is 0 Å². The number of hydrogen-bond donors (Lipinski definition) is 0. The van der Waals surface area contributed by atoms with E-state index in [1.54, 1.807) is 18.2 Å². The smallest absolute Gasteiger partial charge is 0.384 e. The maximum absolute atomic E-state index is 10.7. The standard InChI is InChI=1S/C10H6BrClO2/c1-14-10(13)5-2-7-6-8(12)3-4-9(7)11/h3-4,6H,1H3. The summed E-state index contributed by atoms with van der Waals surface area (Å²) < 4.78 is 5.17. The molecular formula is C10H6BrClO2. The van der Waals surface area contributed by atoms with Crippen LogP contribution in [0, 0.1) is 11.8 Å². The molecule has 0 aliphatic heterocycles. The van der Waals surface area contributed by atoms with Gasteiger partial charge in [0.05, 0.1) is 7.11 Å². The van der Waals surface area contributed by atoms with Crippen LogP contribution in [-0.4, -0.2) is 13.1 Å². The van der Waals surface area contributed by atoms with E-state index in [1.165, 1.54) is 7.11 Å². The highest BCUT2D eigenvalue weighted by molar-refractivity contribution is 9.10. The van der Waals surface area contributed by atoms with Gasteiger partial charge in [-0.1, -0.05) is 17.5 Å². The summed E-state index contributed by atoms with van der Waals surface area (Å²) in [7, 11) is 1.28. The number of rotatable bonds is 0. The molecule has 1 rings (SSSR count). The first-order valence-electron chi connectivity index (χ1n) is 3.68. The van der Waals surface area contributed by atoms with Gasteiger partial charge in [-0.2, -0.15) is 0 Å². The van der Waals surface area contributed by atoms with Gasteiger partial charge in [0, 0.05) is 21.0 Å². The molecule has 0 heterocycles. The van der Waals surface area contributed by atoms with Gasteiger partial charge in [0.1, 0.15) is 0 Å². The maximum Gasteiger partial charge on any atom is 0.384 e. The van der Waals surface area contributed by atoms with Gasteiger partial charge in [0.25, 0.3) is 0 Å². The molecule has 1 aromatic rings. The minimum atomic E-state index is -0.572. The Bertz CT molecular complexity index is 418. The van der Waals surface area contributed by atoms with Crippen molar-refractivity contribution in [3.8, 4) is 11.8 Å². The fourth-order valence-electron chi connectivity index (χ4n) is 0.763. The van der Waals surface area contributed by atoms with E-state index in [0.29, 0.717) is 10.6 Å². The number of carbonyl (C=O) groups is 1. The lowest BCUT2D eigenvalue weighted by molar-refractivity contribution is -0.133. The van der Waals surface area contributed by atoms with Crippen LogP contribution in [0.15, 0.2) is 22.7 Å². The second kappa shape index (κ2) is 5.04. The molecule has 0 aliphatic carbocycles. The molecule has 0 spiro atoms. The van der Waals surface area contributed by atoms with Crippen LogP contribution in [0.1, 0.15) is 5.56 Å². The fraction of sp³-hybridized carbons (Fsp3) is 0.100. The van der Waals surface area contributed by atoms with Crippen molar-refractivity contribution in [2.75, 3.05) is 7.11 Å². The highest BCUT2D eigenvalue weighted by Gasteiger charge is 1.98. The largest absolute Gasteiger partial charge is 0.459 e. The fourth-order valence-corrected chi connectivity index (χ4v) is 1.28. The van der Waals surface area contributed by atoms with Crippen LogP contribution >= 0.6 is 27.5 Å². The first kappa shape index (κ1) is 11.1. The molecule has 0 aliphatic rings. The molecular weight excluding hydrogens is 267 g/mol. The summed E-state index contributed by atoms with van der Waals surface area (Å²) in [6, 6.07) is 5.17. The third-order valence-electron chi connectivity index (χ3n) is 1.41. The Hall–Kier alpha value is -0.980. The molecule has 14 heavy (non-hydrogen) atoms. The van der Waals surface area contributed by atoms with E-state index in [9.17, 15) is 4.79 Å². The predicted molar refractivity (Wildman–Crippen MR) is 58.0 cm³/mol. The van der Waals surface area contributed by atoms with Crippen molar-refractivity contribution >= 4 is 33.5 Å². The number of benzene rings is 1. The minimum absolute atomic E-state index is 0.572. The Morgan fingerprint density at radius 2 is 2.29 bits per heavy atom. The number of ether oxygens (including phenoxy) is 1. The van der Waals surface area contributed by atoms with E-state index in [2.05, 4.69) is 32.5 Å². The number of halogens is 2. The van der Waals surface area contributed by atoms with Gasteiger partial charge < -0.3 is 4.74 Å². The Labute approximate surface area is 95.3 Å². The number of esters is 1. The molecule has 0 aromatic heterocycles. The Balaban J connectivity index is 3.00. The third kappa shape index (κ3) is 3.06. The van der Waals surface area contributed by atoms with E-state index in [1.807, 2.05) is 0 Å². The highest BCUT2D eigenvalue weighted by Crippen LogP contribution is 2.19. The van der Waals surface area contributed by atoms with Crippen molar-refractivity contribution in [2.45, 2.75) is 0 Å². The lowest BCUT2D eigenvalue weighted by Gasteiger charge is -1.95. The van der Waals surface area contributed by atoms with Gasteiger partial charge in [0.15, 0.2) is 0 Å². The molecule has 4 heteroatoms. The second-order valence-corrected chi connectivity index (χ2v) is 3.66. The zero-order valence-electron chi connectivity index (χ0n) is 7.30. The second-order valence-electron chi connectivity index (χ2n) is 2.37. The first-order chi connectivity index (χ1) is 6.63. The molecule has 0 atom stereocenters. The molecule has 0 saturated carbocycles. The van der Waals surface area contributed by atoms with Crippen LogP contribution in [0.2, 0.25) is 5.02 Å². The van der Waals surface area contributed by atoms with Crippen molar-refractivity contribution in [3.63, 3.8) is 0 Å². The summed E-state index contributed by atoms with van der Waals surface area (Å²) in [5, 5.41) is 0.572. The Morgan fingerprint density at radius 1 is 1.57 bits per heavy atom. The third-order valence-corrected chi connectivity index (χ3v) is 2.34. The highest BCUT2D eigenvalue weighted by atomic mass is 79.9. The summed E-state index contributed by atoms with van der Waals surface area (Å²) in [5.41, 5.74) is 0.655. The minimum Gasteiger partial charge on any atom is -0.459 e. The summed E-state index contributed by atoms with van der Waals surface area (Å²) in [6.45, 7) is 0. The molecule has 0 N–H and O–H groups in total. The van der Waals surface area contributed by atoms with Crippen molar-refractivity contribution in [2.24, 2.45) is 0 Å². The quantitative estimate of drug-likeness (QED) is 0.536. The predicted octanol–water partition coefficient (Wildman–Crippen LogP) is 2.63. The van der Waals surface area contributed by atoms with Gasteiger partial charge >= 0.3 is 5.97 Å². The molecule has 0 fully saturated rings. The summed E-state index contributed by atoms with van der Waals surface area (Å²) >= 11 is 9.05. The average Bonchev–Trinajstić information content (AvgIpc) is 2.19. The van der Waals surface area contributed by atoms with Crippen LogP contribution in [-0.2, 0) is 9.53 Å².